The van der Waals surface area contributed by atoms with Crippen LogP contribution in [0.2, 0.25) is 5.02 Å². The van der Waals surface area contributed by atoms with Crippen LogP contribution in [-0.4, -0.2) is 11.0 Å². The standard InChI is InChI=1S/C14H11ClF2N2O2/c15-11-5-8(14(18)19-20)2-4-13(11)21-7-9-1-3-10(16)6-12(9)17/h1-6,20H,7H2,(H2,18,19). The normalized spacial score (nSPS) is 11.5. The molecule has 0 heterocycles. The molecule has 0 aromatic heterocycles. The van der Waals surface area contributed by atoms with Crippen molar-refractivity contribution in [2.75, 3.05) is 0 Å². The molecule has 0 unspecified atom stereocenters. The van der Waals surface area contributed by atoms with E-state index >= 15 is 0 Å². The summed E-state index contributed by atoms with van der Waals surface area (Å²) in [5.41, 5.74) is 6.05. The van der Waals surface area contributed by atoms with Gasteiger partial charge < -0.3 is 15.7 Å². The lowest BCUT2D eigenvalue weighted by Crippen LogP contribution is -2.12. The van der Waals surface area contributed by atoms with Gasteiger partial charge in [0.2, 0.25) is 0 Å². The summed E-state index contributed by atoms with van der Waals surface area (Å²) in [6.07, 6.45) is 0. The SMILES string of the molecule is NC(=NO)c1ccc(OCc2ccc(F)cc2F)c(Cl)c1. The quantitative estimate of drug-likeness (QED) is 0.394. The van der Waals surface area contributed by atoms with Gasteiger partial charge in [0.05, 0.1) is 5.02 Å². The second-order valence-corrected chi connectivity index (χ2v) is 4.56. The zero-order chi connectivity index (χ0) is 15.4. The van der Waals surface area contributed by atoms with Crippen molar-refractivity contribution in [2.24, 2.45) is 10.9 Å². The Morgan fingerprint density at radius 1 is 1.24 bits per heavy atom. The Morgan fingerprint density at radius 3 is 2.62 bits per heavy atom. The van der Waals surface area contributed by atoms with Crippen LogP contribution in [0.3, 0.4) is 0 Å². The highest BCUT2D eigenvalue weighted by molar-refractivity contribution is 6.32. The van der Waals surface area contributed by atoms with Crippen LogP contribution in [0.1, 0.15) is 11.1 Å². The van der Waals surface area contributed by atoms with Crippen molar-refractivity contribution in [3.05, 3.63) is 64.2 Å². The fraction of sp³-hybridized carbons (Fsp3) is 0.0714. The van der Waals surface area contributed by atoms with Crippen LogP contribution >= 0.6 is 11.6 Å². The first kappa shape index (κ1) is 15.1. The molecule has 0 spiro atoms. The summed E-state index contributed by atoms with van der Waals surface area (Å²) >= 11 is 5.99. The van der Waals surface area contributed by atoms with Crippen molar-refractivity contribution in [3.63, 3.8) is 0 Å². The molecule has 2 aromatic carbocycles. The molecule has 0 radical (unpaired) electrons. The average Bonchev–Trinajstić information content (AvgIpc) is 2.46. The largest absolute Gasteiger partial charge is 0.487 e. The van der Waals surface area contributed by atoms with E-state index in [1.807, 2.05) is 0 Å². The lowest BCUT2D eigenvalue weighted by atomic mass is 10.2. The Labute approximate surface area is 124 Å². The fourth-order valence-corrected chi connectivity index (χ4v) is 1.86. The maximum atomic E-state index is 13.5. The van der Waals surface area contributed by atoms with E-state index in [9.17, 15) is 8.78 Å². The smallest absolute Gasteiger partial charge is 0.170 e. The van der Waals surface area contributed by atoms with E-state index in [1.54, 1.807) is 0 Å². The first-order valence-electron chi connectivity index (χ1n) is 5.85. The molecule has 0 saturated heterocycles. The third-order valence-corrected chi connectivity index (χ3v) is 3.03. The summed E-state index contributed by atoms with van der Waals surface area (Å²) in [6.45, 7) is -0.102. The molecule has 0 atom stereocenters. The number of hydrogen-bond donors (Lipinski definition) is 2. The number of rotatable bonds is 4. The number of hydrogen-bond acceptors (Lipinski definition) is 3. The molecule has 0 amide bonds. The molecular weight excluding hydrogens is 302 g/mol. The monoisotopic (exact) mass is 312 g/mol. The van der Waals surface area contributed by atoms with Crippen molar-refractivity contribution in [1.29, 1.82) is 0 Å². The molecule has 21 heavy (non-hydrogen) atoms. The van der Waals surface area contributed by atoms with E-state index in [4.69, 9.17) is 27.3 Å². The maximum Gasteiger partial charge on any atom is 0.170 e. The molecular formula is C14H11ClF2N2O2. The fourth-order valence-electron chi connectivity index (χ4n) is 1.63. The molecule has 2 rings (SSSR count). The number of ether oxygens (including phenoxy) is 1. The van der Waals surface area contributed by atoms with E-state index in [0.717, 1.165) is 12.1 Å². The van der Waals surface area contributed by atoms with Crippen LogP contribution in [0.25, 0.3) is 0 Å². The summed E-state index contributed by atoms with van der Waals surface area (Å²) < 4.78 is 31.6. The highest BCUT2D eigenvalue weighted by Crippen LogP contribution is 2.26. The van der Waals surface area contributed by atoms with E-state index < -0.39 is 11.6 Å². The molecule has 0 aliphatic heterocycles. The van der Waals surface area contributed by atoms with Gasteiger partial charge in [-0.2, -0.15) is 0 Å². The molecule has 4 nitrogen and oxygen atoms in total. The average molecular weight is 313 g/mol. The number of benzene rings is 2. The van der Waals surface area contributed by atoms with Gasteiger partial charge in [-0.1, -0.05) is 16.8 Å². The van der Waals surface area contributed by atoms with Gasteiger partial charge in [-0.25, -0.2) is 8.78 Å². The highest BCUT2D eigenvalue weighted by Gasteiger charge is 2.08. The van der Waals surface area contributed by atoms with E-state index in [0.29, 0.717) is 11.3 Å². The highest BCUT2D eigenvalue weighted by atomic mass is 35.5. The number of nitrogens with two attached hydrogens (primary N) is 1. The van der Waals surface area contributed by atoms with Crippen molar-refractivity contribution in [1.82, 2.24) is 0 Å². The Balaban J connectivity index is 2.13. The maximum absolute atomic E-state index is 13.5. The first-order valence-corrected chi connectivity index (χ1v) is 6.23. The summed E-state index contributed by atoms with van der Waals surface area (Å²) in [5.74, 6) is -1.14. The Morgan fingerprint density at radius 2 is 2.00 bits per heavy atom. The Bertz CT molecular complexity index is 693. The zero-order valence-electron chi connectivity index (χ0n) is 10.7. The van der Waals surface area contributed by atoms with Crippen LogP contribution < -0.4 is 10.5 Å². The molecule has 2 aromatic rings. The minimum Gasteiger partial charge on any atom is -0.487 e. The van der Waals surface area contributed by atoms with E-state index in [2.05, 4.69) is 5.16 Å². The van der Waals surface area contributed by atoms with Gasteiger partial charge in [-0.05, 0) is 30.3 Å². The number of oxime groups is 1. The van der Waals surface area contributed by atoms with Crippen LogP contribution in [0.5, 0.6) is 5.75 Å². The van der Waals surface area contributed by atoms with Gasteiger partial charge in [0.25, 0.3) is 0 Å². The van der Waals surface area contributed by atoms with E-state index in [-0.39, 0.29) is 23.0 Å². The van der Waals surface area contributed by atoms with Crippen LogP contribution in [0.4, 0.5) is 8.78 Å². The minimum atomic E-state index is -0.695. The molecule has 110 valence electrons. The summed E-state index contributed by atoms with van der Waals surface area (Å²) in [6, 6.07) is 7.72. The molecule has 0 bridgehead atoms. The first-order chi connectivity index (χ1) is 10.0. The molecule has 0 aliphatic rings. The number of amidine groups is 1. The van der Waals surface area contributed by atoms with Gasteiger partial charge in [0.1, 0.15) is 24.0 Å². The summed E-state index contributed by atoms with van der Waals surface area (Å²) in [5, 5.41) is 11.6. The summed E-state index contributed by atoms with van der Waals surface area (Å²) in [4.78, 5) is 0. The second kappa shape index (κ2) is 6.41. The van der Waals surface area contributed by atoms with Gasteiger partial charge in [-0.15, -0.1) is 0 Å². The van der Waals surface area contributed by atoms with Crippen LogP contribution in [-0.2, 0) is 6.61 Å². The van der Waals surface area contributed by atoms with Crippen LogP contribution in [0.15, 0.2) is 41.6 Å². The molecule has 0 aliphatic carbocycles. The van der Waals surface area contributed by atoms with Crippen molar-refractivity contribution >= 4 is 17.4 Å². The molecule has 3 N–H and O–H groups in total. The lowest BCUT2D eigenvalue weighted by Gasteiger charge is -2.10. The van der Waals surface area contributed by atoms with Crippen molar-refractivity contribution < 1.29 is 18.7 Å². The van der Waals surface area contributed by atoms with Gasteiger partial charge in [0, 0.05) is 17.2 Å². The number of nitrogens with zero attached hydrogens (tertiary/aromatic N) is 1. The zero-order valence-corrected chi connectivity index (χ0v) is 11.4. The molecule has 0 saturated carbocycles. The van der Waals surface area contributed by atoms with Crippen LogP contribution in [0, 0.1) is 11.6 Å². The third kappa shape index (κ3) is 3.61. The number of halogens is 3. The van der Waals surface area contributed by atoms with Gasteiger partial charge in [-0.3, -0.25) is 0 Å². The van der Waals surface area contributed by atoms with E-state index in [1.165, 1.54) is 24.3 Å². The Hall–Kier alpha value is -2.34. The molecule has 7 heteroatoms. The minimum absolute atomic E-state index is 0.0898. The molecule has 0 fully saturated rings. The Kier molecular flexibility index (Phi) is 4.59. The predicted octanol–water partition coefficient (Wildman–Crippen LogP) is 3.29. The van der Waals surface area contributed by atoms with Gasteiger partial charge in [0.15, 0.2) is 5.84 Å². The topological polar surface area (TPSA) is 67.8 Å². The van der Waals surface area contributed by atoms with Crippen molar-refractivity contribution in [3.8, 4) is 5.75 Å². The second-order valence-electron chi connectivity index (χ2n) is 4.15. The lowest BCUT2D eigenvalue weighted by molar-refractivity contribution is 0.299. The predicted molar refractivity (Wildman–Crippen MR) is 74.7 cm³/mol. The third-order valence-electron chi connectivity index (χ3n) is 2.73. The van der Waals surface area contributed by atoms with Crippen molar-refractivity contribution in [2.45, 2.75) is 6.61 Å². The van der Waals surface area contributed by atoms with Gasteiger partial charge >= 0.3 is 0 Å². The summed E-state index contributed by atoms with van der Waals surface area (Å²) in [7, 11) is 0.